The Balaban J connectivity index is 1.43. The molecule has 4 rings (SSSR count). The van der Waals surface area contributed by atoms with Gasteiger partial charge in [-0.25, -0.2) is 4.79 Å². The number of benzene rings is 1. The van der Waals surface area contributed by atoms with Crippen molar-refractivity contribution in [3.05, 3.63) is 54.0 Å². The van der Waals surface area contributed by atoms with E-state index in [-0.39, 0.29) is 18.1 Å². The molecule has 0 radical (unpaired) electrons. The van der Waals surface area contributed by atoms with E-state index >= 15 is 0 Å². The molecule has 29 heavy (non-hydrogen) atoms. The average Bonchev–Trinajstić information content (AvgIpc) is 3.47. The molecule has 2 aliphatic heterocycles. The molecular formula is C23H31N3O3. The lowest BCUT2D eigenvalue weighted by Gasteiger charge is -2.34. The summed E-state index contributed by atoms with van der Waals surface area (Å²) >= 11 is 0. The fourth-order valence-electron chi connectivity index (χ4n) is 4.61. The van der Waals surface area contributed by atoms with Crippen LogP contribution in [0.5, 0.6) is 5.75 Å². The minimum absolute atomic E-state index is 0.00360. The van der Waals surface area contributed by atoms with Crippen molar-refractivity contribution in [3.63, 3.8) is 0 Å². The minimum atomic E-state index is 0.00360. The first kappa shape index (κ1) is 19.8. The van der Waals surface area contributed by atoms with Crippen molar-refractivity contribution in [2.24, 2.45) is 0 Å². The number of ether oxygens (including phenoxy) is 1. The molecule has 1 aromatic heterocycles. The number of urea groups is 1. The largest absolute Gasteiger partial charge is 0.497 e. The molecule has 2 saturated heterocycles. The number of rotatable bonds is 6. The third kappa shape index (κ3) is 4.58. The Hall–Kier alpha value is -2.47. The van der Waals surface area contributed by atoms with Gasteiger partial charge in [0.25, 0.3) is 0 Å². The van der Waals surface area contributed by atoms with Crippen LogP contribution in [0.25, 0.3) is 0 Å². The topological polar surface area (TPSA) is 58.0 Å². The number of carbonyl (C=O) groups is 1. The van der Waals surface area contributed by atoms with Crippen molar-refractivity contribution in [1.29, 1.82) is 0 Å². The third-order valence-corrected chi connectivity index (χ3v) is 6.14. The summed E-state index contributed by atoms with van der Waals surface area (Å²) < 4.78 is 11.1. The van der Waals surface area contributed by atoms with Crippen LogP contribution < -0.4 is 10.1 Å². The first-order valence-electron chi connectivity index (χ1n) is 10.7. The van der Waals surface area contributed by atoms with E-state index in [9.17, 15) is 4.79 Å². The zero-order valence-electron chi connectivity index (χ0n) is 17.2. The Morgan fingerprint density at radius 1 is 1.17 bits per heavy atom. The first-order chi connectivity index (χ1) is 14.3. The SMILES string of the molecule is COc1cccc(C2CCCN2C(=O)NCC(c2ccco2)N2CCCCC2)c1. The summed E-state index contributed by atoms with van der Waals surface area (Å²) in [6.45, 7) is 3.45. The second-order valence-electron chi connectivity index (χ2n) is 7.94. The van der Waals surface area contributed by atoms with E-state index in [4.69, 9.17) is 9.15 Å². The quantitative estimate of drug-likeness (QED) is 0.787. The van der Waals surface area contributed by atoms with Crippen LogP contribution in [0, 0.1) is 0 Å². The molecule has 1 aromatic carbocycles. The highest BCUT2D eigenvalue weighted by Gasteiger charge is 2.31. The molecule has 0 bridgehead atoms. The van der Waals surface area contributed by atoms with Gasteiger partial charge in [-0.05, 0) is 68.6 Å². The third-order valence-electron chi connectivity index (χ3n) is 6.14. The Morgan fingerprint density at radius 2 is 2.03 bits per heavy atom. The zero-order valence-corrected chi connectivity index (χ0v) is 17.2. The van der Waals surface area contributed by atoms with E-state index < -0.39 is 0 Å². The van der Waals surface area contributed by atoms with Crippen LogP contribution in [-0.4, -0.2) is 49.1 Å². The maximum atomic E-state index is 13.1. The van der Waals surface area contributed by atoms with Crippen molar-refractivity contribution < 1.29 is 13.9 Å². The predicted molar refractivity (Wildman–Crippen MR) is 112 cm³/mol. The summed E-state index contributed by atoms with van der Waals surface area (Å²) in [4.78, 5) is 17.5. The molecule has 2 unspecified atom stereocenters. The minimum Gasteiger partial charge on any atom is -0.497 e. The highest BCUT2D eigenvalue weighted by atomic mass is 16.5. The summed E-state index contributed by atoms with van der Waals surface area (Å²) in [6, 6.07) is 12.2. The van der Waals surface area contributed by atoms with E-state index in [1.807, 2.05) is 35.2 Å². The smallest absolute Gasteiger partial charge is 0.317 e. The monoisotopic (exact) mass is 397 g/mol. The van der Waals surface area contributed by atoms with Crippen LogP contribution in [0.2, 0.25) is 0 Å². The lowest BCUT2D eigenvalue weighted by Crippen LogP contribution is -2.45. The second-order valence-corrected chi connectivity index (χ2v) is 7.94. The van der Waals surface area contributed by atoms with Gasteiger partial charge in [0.2, 0.25) is 0 Å². The molecule has 2 aromatic rings. The number of likely N-dealkylation sites (tertiary alicyclic amines) is 2. The molecular weight excluding hydrogens is 366 g/mol. The van der Waals surface area contributed by atoms with Gasteiger partial charge in [0.05, 0.1) is 25.5 Å². The fourth-order valence-corrected chi connectivity index (χ4v) is 4.61. The summed E-state index contributed by atoms with van der Waals surface area (Å²) in [6.07, 6.45) is 7.40. The maximum absolute atomic E-state index is 13.1. The van der Waals surface area contributed by atoms with Gasteiger partial charge < -0.3 is 19.4 Å². The molecule has 0 saturated carbocycles. The summed E-state index contributed by atoms with van der Waals surface area (Å²) in [5, 5.41) is 3.19. The molecule has 2 atom stereocenters. The van der Waals surface area contributed by atoms with Crippen LogP contribution in [0.15, 0.2) is 47.1 Å². The van der Waals surface area contributed by atoms with Crippen LogP contribution in [0.4, 0.5) is 4.79 Å². The van der Waals surface area contributed by atoms with Gasteiger partial charge in [-0.1, -0.05) is 18.6 Å². The maximum Gasteiger partial charge on any atom is 0.317 e. The van der Waals surface area contributed by atoms with E-state index in [0.717, 1.165) is 49.5 Å². The van der Waals surface area contributed by atoms with Gasteiger partial charge in [-0.3, -0.25) is 4.90 Å². The first-order valence-corrected chi connectivity index (χ1v) is 10.7. The fraction of sp³-hybridized carbons (Fsp3) is 0.522. The molecule has 6 nitrogen and oxygen atoms in total. The number of methoxy groups -OCH3 is 1. The van der Waals surface area contributed by atoms with Gasteiger partial charge in [0.15, 0.2) is 0 Å². The number of piperidine rings is 1. The number of carbonyl (C=O) groups excluding carboxylic acids is 1. The van der Waals surface area contributed by atoms with Crippen molar-refractivity contribution in [2.75, 3.05) is 33.3 Å². The Labute approximate surface area is 172 Å². The standard InChI is InChI=1S/C23H31N3O3/c1-28-19-9-5-8-18(16-19)20-10-6-14-26(20)23(27)24-17-21(22-11-7-15-29-22)25-12-3-2-4-13-25/h5,7-9,11,15-16,20-21H,2-4,6,10,12-14,17H2,1H3,(H,24,27). The van der Waals surface area contributed by atoms with Gasteiger partial charge in [-0.2, -0.15) is 0 Å². The number of hydrogen-bond acceptors (Lipinski definition) is 4. The molecule has 3 heterocycles. The Kier molecular flexibility index (Phi) is 6.39. The molecule has 2 aliphatic rings. The van der Waals surface area contributed by atoms with Crippen LogP contribution in [0.1, 0.15) is 55.5 Å². The van der Waals surface area contributed by atoms with Crippen molar-refractivity contribution in [1.82, 2.24) is 15.1 Å². The average molecular weight is 398 g/mol. The Bertz CT molecular complexity index is 786. The van der Waals surface area contributed by atoms with E-state index in [0.29, 0.717) is 6.54 Å². The second kappa shape index (κ2) is 9.35. The van der Waals surface area contributed by atoms with Gasteiger partial charge >= 0.3 is 6.03 Å². The van der Waals surface area contributed by atoms with Crippen LogP contribution in [-0.2, 0) is 0 Å². The van der Waals surface area contributed by atoms with Crippen molar-refractivity contribution >= 4 is 6.03 Å². The van der Waals surface area contributed by atoms with E-state index in [2.05, 4.69) is 16.3 Å². The molecule has 6 heteroatoms. The molecule has 1 N–H and O–H groups in total. The number of nitrogens with zero attached hydrogens (tertiary/aromatic N) is 2. The van der Waals surface area contributed by atoms with Gasteiger partial charge in [0, 0.05) is 13.1 Å². The van der Waals surface area contributed by atoms with Crippen molar-refractivity contribution in [3.8, 4) is 5.75 Å². The lowest BCUT2D eigenvalue weighted by molar-refractivity contribution is 0.138. The van der Waals surface area contributed by atoms with E-state index in [1.54, 1.807) is 13.4 Å². The predicted octanol–water partition coefficient (Wildman–Crippen LogP) is 4.36. The van der Waals surface area contributed by atoms with Crippen LogP contribution in [0.3, 0.4) is 0 Å². The highest BCUT2D eigenvalue weighted by molar-refractivity contribution is 5.75. The Morgan fingerprint density at radius 3 is 2.79 bits per heavy atom. The summed E-state index contributed by atoms with van der Waals surface area (Å²) in [7, 11) is 1.67. The molecule has 0 aliphatic carbocycles. The molecule has 2 amide bonds. The highest BCUT2D eigenvalue weighted by Crippen LogP contribution is 2.33. The molecule has 0 spiro atoms. The van der Waals surface area contributed by atoms with Crippen molar-refractivity contribution in [2.45, 2.75) is 44.2 Å². The molecule has 156 valence electrons. The summed E-state index contributed by atoms with van der Waals surface area (Å²) in [5.74, 6) is 1.76. The molecule has 2 fully saturated rings. The summed E-state index contributed by atoms with van der Waals surface area (Å²) in [5.41, 5.74) is 1.13. The zero-order chi connectivity index (χ0) is 20.1. The van der Waals surface area contributed by atoms with Gasteiger partial charge in [-0.15, -0.1) is 0 Å². The van der Waals surface area contributed by atoms with Crippen LogP contribution >= 0.6 is 0 Å². The number of nitrogens with one attached hydrogen (secondary N) is 1. The van der Waals surface area contributed by atoms with E-state index in [1.165, 1.54) is 19.3 Å². The number of amides is 2. The number of hydrogen-bond donors (Lipinski definition) is 1. The normalized spacial score (nSPS) is 21.1. The number of furan rings is 1. The van der Waals surface area contributed by atoms with Gasteiger partial charge in [0.1, 0.15) is 11.5 Å². The lowest BCUT2D eigenvalue weighted by atomic mass is 10.0.